The average Bonchev–Trinajstić information content (AvgIpc) is 2.76. The summed E-state index contributed by atoms with van der Waals surface area (Å²) < 4.78 is 3.05. The van der Waals surface area contributed by atoms with Gasteiger partial charge in [-0.15, -0.1) is 0 Å². The highest BCUT2D eigenvalue weighted by molar-refractivity contribution is 9.10. The van der Waals surface area contributed by atoms with Crippen LogP contribution < -0.4 is 0 Å². The second-order valence-electron chi connectivity index (χ2n) is 5.84. The quantitative estimate of drug-likeness (QED) is 0.882. The molecule has 3 fully saturated rings. The number of fused-ring (bicyclic) bond motifs is 3. The minimum absolute atomic E-state index is 0.268. The van der Waals surface area contributed by atoms with Gasteiger partial charge < -0.3 is 5.11 Å². The Morgan fingerprint density at radius 1 is 1.35 bits per heavy atom. The standard InChI is InChI=1S/C14H23BrN4O/c1-3-19-11(14(15)10(2)16-19)8-13(20)12-9-17-4-6-18(12)7-5-17/h12-13,20H,3-9H2,1-2H3. The van der Waals surface area contributed by atoms with Gasteiger partial charge in [-0.3, -0.25) is 14.5 Å². The number of aliphatic hydroxyl groups excluding tert-OH is 1. The summed E-state index contributed by atoms with van der Waals surface area (Å²) in [6.07, 6.45) is 0.348. The molecule has 3 aliphatic rings. The Labute approximate surface area is 128 Å². The molecule has 6 heteroatoms. The molecule has 0 radical (unpaired) electrons. The van der Waals surface area contributed by atoms with Crippen LogP contribution in [0.25, 0.3) is 0 Å². The summed E-state index contributed by atoms with van der Waals surface area (Å²) >= 11 is 3.62. The van der Waals surface area contributed by atoms with E-state index >= 15 is 0 Å². The fourth-order valence-corrected chi connectivity index (χ4v) is 3.87. The van der Waals surface area contributed by atoms with E-state index in [1.807, 2.05) is 11.6 Å². The van der Waals surface area contributed by atoms with Gasteiger partial charge in [0.25, 0.3) is 0 Å². The summed E-state index contributed by atoms with van der Waals surface area (Å²) in [5.41, 5.74) is 2.12. The van der Waals surface area contributed by atoms with E-state index in [2.05, 4.69) is 37.8 Å². The van der Waals surface area contributed by atoms with E-state index in [-0.39, 0.29) is 12.1 Å². The highest BCUT2D eigenvalue weighted by atomic mass is 79.9. The third kappa shape index (κ3) is 2.54. The van der Waals surface area contributed by atoms with Gasteiger partial charge in [0.15, 0.2) is 0 Å². The van der Waals surface area contributed by atoms with Gasteiger partial charge in [0.1, 0.15) is 0 Å². The van der Waals surface area contributed by atoms with Crippen molar-refractivity contribution >= 4 is 15.9 Å². The first kappa shape index (κ1) is 14.5. The first-order valence-corrected chi connectivity index (χ1v) is 8.25. The van der Waals surface area contributed by atoms with Gasteiger partial charge in [0.05, 0.1) is 22.0 Å². The predicted octanol–water partition coefficient (Wildman–Crippen LogP) is 0.877. The van der Waals surface area contributed by atoms with E-state index in [4.69, 9.17) is 0 Å². The summed E-state index contributed by atoms with van der Waals surface area (Å²) in [6.45, 7) is 10.4. The number of aryl methyl sites for hydroxylation is 2. The fraction of sp³-hybridized carbons (Fsp3) is 0.786. The number of halogens is 1. The summed E-state index contributed by atoms with van der Waals surface area (Å²) in [5, 5.41) is 15.2. The molecule has 2 unspecified atom stereocenters. The number of rotatable bonds is 4. The number of aromatic nitrogens is 2. The third-order valence-corrected chi connectivity index (χ3v) is 5.65. The highest BCUT2D eigenvalue weighted by Crippen LogP contribution is 2.25. The molecule has 112 valence electrons. The zero-order chi connectivity index (χ0) is 14.3. The average molecular weight is 343 g/mol. The molecule has 4 rings (SSSR count). The summed E-state index contributed by atoms with van der Waals surface area (Å²) in [7, 11) is 0. The molecular weight excluding hydrogens is 320 g/mol. The van der Waals surface area contributed by atoms with Gasteiger partial charge in [-0.05, 0) is 29.8 Å². The molecule has 4 heterocycles. The predicted molar refractivity (Wildman–Crippen MR) is 81.8 cm³/mol. The van der Waals surface area contributed by atoms with Gasteiger partial charge in [-0.1, -0.05) is 0 Å². The van der Waals surface area contributed by atoms with Crippen molar-refractivity contribution in [2.45, 2.75) is 39.0 Å². The lowest BCUT2D eigenvalue weighted by molar-refractivity contribution is -0.0458. The molecule has 1 aromatic heterocycles. The first-order valence-electron chi connectivity index (χ1n) is 7.46. The largest absolute Gasteiger partial charge is 0.391 e. The normalized spacial score (nSPS) is 30.7. The van der Waals surface area contributed by atoms with Gasteiger partial charge in [-0.25, -0.2) is 0 Å². The maximum Gasteiger partial charge on any atom is 0.0763 e. The molecule has 3 saturated heterocycles. The molecule has 5 nitrogen and oxygen atoms in total. The summed E-state index contributed by atoms with van der Waals surface area (Å²) in [5.74, 6) is 0. The van der Waals surface area contributed by atoms with E-state index in [1.54, 1.807) is 0 Å². The molecule has 2 bridgehead atoms. The van der Waals surface area contributed by atoms with Crippen LogP contribution in [0, 0.1) is 6.92 Å². The van der Waals surface area contributed by atoms with Gasteiger partial charge in [-0.2, -0.15) is 5.10 Å². The Bertz CT molecular complexity index is 482. The van der Waals surface area contributed by atoms with Crippen molar-refractivity contribution < 1.29 is 5.11 Å². The second-order valence-corrected chi connectivity index (χ2v) is 6.63. The monoisotopic (exact) mass is 342 g/mol. The van der Waals surface area contributed by atoms with E-state index in [9.17, 15) is 5.11 Å². The van der Waals surface area contributed by atoms with Gasteiger partial charge in [0, 0.05) is 51.7 Å². The zero-order valence-corrected chi connectivity index (χ0v) is 13.8. The van der Waals surface area contributed by atoms with Crippen LogP contribution in [0.4, 0.5) is 0 Å². The molecule has 20 heavy (non-hydrogen) atoms. The van der Waals surface area contributed by atoms with E-state index < -0.39 is 0 Å². The molecule has 3 aliphatic heterocycles. The van der Waals surface area contributed by atoms with Crippen molar-refractivity contribution in [1.29, 1.82) is 0 Å². The van der Waals surface area contributed by atoms with Crippen molar-refractivity contribution in [3.05, 3.63) is 15.9 Å². The van der Waals surface area contributed by atoms with Crippen LogP contribution in [0.2, 0.25) is 0 Å². The molecule has 0 saturated carbocycles. The molecule has 2 atom stereocenters. The maximum absolute atomic E-state index is 10.7. The van der Waals surface area contributed by atoms with Gasteiger partial charge in [0.2, 0.25) is 0 Å². The Balaban J connectivity index is 1.74. The number of aliphatic hydroxyl groups is 1. The first-order chi connectivity index (χ1) is 9.60. The topological polar surface area (TPSA) is 44.5 Å². The van der Waals surface area contributed by atoms with Crippen LogP contribution in [0.5, 0.6) is 0 Å². The lowest BCUT2D eigenvalue weighted by Crippen LogP contribution is -2.64. The number of hydrogen-bond donors (Lipinski definition) is 1. The number of hydrogen-bond acceptors (Lipinski definition) is 4. The van der Waals surface area contributed by atoms with Crippen molar-refractivity contribution in [3.8, 4) is 0 Å². The van der Waals surface area contributed by atoms with Crippen LogP contribution in [0.3, 0.4) is 0 Å². The minimum atomic E-state index is -0.323. The van der Waals surface area contributed by atoms with Crippen LogP contribution in [0.1, 0.15) is 18.3 Å². The van der Waals surface area contributed by atoms with Crippen LogP contribution in [0.15, 0.2) is 4.47 Å². The Hall–Kier alpha value is -0.430. The number of piperazine rings is 3. The van der Waals surface area contributed by atoms with E-state index in [1.165, 1.54) is 0 Å². The Morgan fingerprint density at radius 3 is 2.60 bits per heavy atom. The highest BCUT2D eigenvalue weighted by Gasteiger charge is 2.36. The smallest absolute Gasteiger partial charge is 0.0763 e. The molecule has 0 amide bonds. The lowest BCUT2D eigenvalue weighted by Gasteiger charge is -2.49. The van der Waals surface area contributed by atoms with Crippen molar-refractivity contribution in [2.75, 3.05) is 32.7 Å². The Morgan fingerprint density at radius 2 is 2.05 bits per heavy atom. The van der Waals surface area contributed by atoms with Crippen LogP contribution in [-0.2, 0) is 13.0 Å². The van der Waals surface area contributed by atoms with Crippen LogP contribution >= 0.6 is 15.9 Å². The minimum Gasteiger partial charge on any atom is -0.391 e. The molecule has 0 aromatic carbocycles. The number of nitrogens with zero attached hydrogens (tertiary/aromatic N) is 4. The van der Waals surface area contributed by atoms with E-state index in [0.717, 1.165) is 55.1 Å². The maximum atomic E-state index is 10.7. The van der Waals surface area contributed by atoms with Crippen molar-refractivity contribution in [1.82, 2.24) is 19.6 Å². The van der Waals surface area contributed by atoms with E-state index in [0.29, 0.717) is 6.42 Å². The zero-order valence-electron chi connectivity index (χ0n) is 12.2. The molecule has 1 N–H and O–H groups in total. The molecule has 0 spiro atoms. The van der Waals surface area contributed by atoms with Crippen molar-refractivity contribution in [2.24, 2.45) is 0 Å². The fourth-order valence-electron chi connectivity index (χ4n) is 3.42. The summed E-state index contributed by atoms with van der Waals surface area (Å²) in [6, 6.07) is 0.268. The molecular formula is C14H23BrN4O. The lowest BCUT2D eigenvalue weighted by atomic mass is 9.99. The third-order valence-electron chi connectivity index (χ3n) is 4.62. The van der Waals surface area contributed by atoms with Crippen LogP contribution in [-0.4, -0.2) is 69.6 Å². The molecule has 1 aromatic rings. The summed E-state index contributed by atoms with van der Waals surface area (Å²) in [4.78, 5) is 4.91. The van der Waals surface area contributed by atoms with Crippen molar-refractivity contribution in [3.63, 3.8) is 0 Å². The SMILES string of the molecule is CCn1nc(C)c(Br)c1CC(O)C1CN2CCN1CC2. The van der Waals surface area contributed by atoms with Gasteiger partial charge >= 0.3 is 0 Å². The molecule has 0 aliphatic carbocycles. The second kappa shape index (κ2) is 5.75. The Kier molecular flexibility index (Phi) is 4.17.